The molecule has 0 saturated heterocycles. The van der Waals surface area contributed by atoms with Crippen molar-refractivity contribution in [2.75, 3.05) is 0 Å². The van der Waals surface area contributed by atoms with Crippen LogP contribution in [-0.4, -0.2) is 6.29 Å². The van der Waals surface area contributed by atoms with Crippen molar-refractivity contribution < 1.29 is 9.21 Å². The van der Waals surface area contributed by atoms with E-state index < -0.39 is 0 Å². The topological polar surface area (TPSA) is 34.6 Å². The highest BCUT2D eigenvalue weighted by atomic mass is 35.5. The Balaban J connectivity index is 2.43. The van der Waals surface area contributed by atoms with Gasteiger partial charge in [-0.15, -0.1) is 0 Å². The van der Waals surface area contributed by atoms with E-state index in [1.54, 1.807) is 24.3 Å². The second-order valence-corrected chi connectivity index (χ2v) is 4.29. The number of fused-ring (bicyclic) bond motifs is 3. The molecule has 1 heterocycles. The van der Waals surface area contributed by atoms with Crippen LogP contribution < -0.4 is 0 Å². The standard InChI is InChI=1S/C14H6ClNO2/c1-16-9-2-3-10-11-6-12(15)8(7-17)4-13(11)18-14(10)5-9/h2-7H. The first-order valence-electron chi connectivity index (χ1n) is 5.21. The zero-order chi connectivity index (χ0) is 12.7. The zero-order valence-electron chi connectivity index (χ0n) is 9.11. The van der Waals surface area contributed by atoms with Gasteiger partial charge in [0.25, 0.3) is 0 Å². The first kappa shape index (κ1) is 10.8. The number of halogens is 1. The number of nitrogens with zero attached hydrogens (tertiary/aromatic N) is 1. The first-order chi connectivity index (χ1) is 8.72. The maximum atomic E-state index is 10.8. The highest BCUT2D eigenvalue weighted by molar-refractivity contribution is 6.34. The van der Waals surface area contributed by atoms with E-state index in [-0.39, 0.29) is 0 Å². The van der Waals surface area contributed by atoms with Gasteiger partial charge in [-0.25, -0.2) is 4.85 Å². The third kappa shape index (κ3) is 1.47. The van der Waals surface area contributed by atoms with Crippen LogP contribution in [0.1, 0.15) is 10.4 Å². The molecular weight excluding hydrogens is 250 g/mol. The number of rotatable bonds is 1. The summed E-state index contributed by atoms with van der Waals surface area (Å²) in [5.74, 6) is 0. The Hall–Kier alpha value is -2.31. The Bertz CT molecular complexity index is 827. The molecule has 0 atom stereocenters. The third-order valence-electron chi connectivity index (χ3n) is 2.83. The van der Waals surface area contributed by atoms with E-state index >= 15 is 0 Å². The largest absolute Gasteiger partial charge is 0.457 e. The molecule has 0 aliphatic carbocycles. The predicted molar refractivity (Wildman–Crippen MR) is 70.4 cm³/mol. The van der Waals surface area contributed by atoms with Gasteiger partial charge in [0.2, 0.25) is 0 Å². The third-order valence-corrected chi connectivity index (χ3v) is 3.16. The Morgan fingerprint density at radius 3 is 2.67 bits per heavy atom. The minimum atomic E-state index is 0.397. The van der Waals surface area contributed by atoms with Crippen molar-refractivity contribution in [1.29, 1.82) is 0 Å². The Morgan fingerprint density at radius 2 is 1.94 bits per heavy atom. The average Bonchev–Trinajstić information content (AvgIpc) is 2.74. The normalized spacial score (nSPS) is 10.7. The molecular formula is C14H6ClNO2. The lowest BCUT2D eigenvalue weighted by atomic mass is 10.1. The molecule has 0 amide bonds. The predicted octanol–water partition coefficient (Wildman–Crippen LogP) is 4.60. The maximum absolute atomic E-state index is 10.8. The van der Waals surface area contributed by atoms with Crippen molar-refractivity contribution in [2.24, 2.45) is 0 Å². The minimum absolute atomic E-state index is 0.397. The van der Waals surface area contributed by atoms with Crippen LogP contribution in [0.4, 0.5) is 5.69 Å². The molecule has 0 fully saturated rings. The average molecular weight is 256 g/mol. The molecule has 0 spiro atoms. The van der Waals surface area contributed by atoms with Crippen LogP contribution in [0.15, 0.2) is 34.7 Å². The summed E-state index contributed by atoms with van der Waals surface area (Å²) >= 11 is 6.00. The first-order valence-corrected chi connectivity index (χ1v) is 5.59. The molecule has 3 rings (SSSR count). The summed E-state index contributed by atoms with van der Waals surface area (Å²) in [6.45, 7) is 6.97. The molecule has 1 aromatic heterocycles. The lowest BCUT2D eigenvalue weighted by Gasteiger charge is -1.95. The summed E-state index contributed by atoms with van der Waals surface area (Å²) in [4.78, 5) is 14.2. The molecule has 0 aliphatic rings. The molecule has 0 bridgehead atoms. The number of aldehydes is 1. The summed E-state index contributed by atoms with van der Waals surface area (Å²) in [5, 5.41) is 2.13. The van der Waals surface area contributed by atoms with Crippen LogP contribution in [0.3, 0.4) is 0 Å². The van der Waals surface area contributed by atoms with Crippen molar-refractivity contribution in [3.05, 3.63) is 52.3 Å². The molecule has 4 heteroatoms. The minimum Gasteiger partial charge on any atom is -0.457 e. The molecule has 18 heavy (non-hydrogen) atoms. The second-order valence-electron chi connectivity index (χ2n) is 3.88. The number of carbonyl (C=O) groups is 1. The zero-order valence-corrected chi connectivity index (χ0v) is 9.86. The van der Waals surface area contributed by atoms with Gasteiger partial charge in [0.05, 0.1) is 11.6 Å². The van der Waals surface area contributed by atoms with Gasteiger partial charge in [-0.2, -0.15) is 0 Å². The van der Waals surface area contributed by atoms with Gasteiger partial charge in [-0.3, -0.25) is 4.79 Å². The number of furan rings is 1. The van der Waals surface area contributed by atoms with E-state index in [1.807, 2.05) is 6.07 Å². The van der Waals surface area contributed by atoms with Crippen molar-refractivity contribution >= 4 is 45.5 Å². The molecule has 86 valence electrons. The molecule has 0 aliphatic heterocycles. The van der Waals surface area contributed by atoms with Crippen molar-refractivity contribution in [1.82, 2.24) is 0 Å². The van der Waals surface area contributed by atoms with Crippen molar-refractivity contribution in [2.45, 2.75) is 0 Å². The highest BCUT2D eigenvalue weighted by Crippen LogP contribution is 2.34. The summed E-state index contributed by atoms with van der Waals surface area (Å²) < 4.78 is 5.63. The van der Waals surface area contributed by atoms with Crippen LogP contribution in [0.25, 0.3) is 26.8 Å². The van der Waals surface area contributed by atoms with Crippen LogP contribution in [-0.2, 0) is 0 Å². The van der Waals surface area contributed by atoms with E-state index in [0.717, 1.165) is 10.8 Å². The quantitative estimate of drug-likeness (QED) is 0.470. The molecule has 0 N–H and O–H groups in total. The summed E-state index contributed by atoms with van der Waals surface area (Å²) in [6.07, 6.45) is 0.694. The smallest absolute Gasteiger partial charge is 0.190 e. The monoisotopic (exact) mass is 255 g/mol. The molecule has 3 aromatic rings. The summed E-state index contributed by atoms with van der Waals surface area (Å²) in [6, 6.07) is 8.56. The Morgan fingerprint density at radius 1 is 1.17 bits per heavy atom. The summed E-state index contributed by atoms with van der Waals surface area (Å²) in [5.41, 5.74) is 2.13. The van der Waals surface area contributed by atoms with E-state index in [0.29, 0.717) is 33.7 Å². The molecule has 0 unspecified atom stereocenters. The van der Waals surface area contributed by atoms with Crippen molar-refractivity contribution in [3.8, 4) is 0 Å². The number of hydrogen-bond donors (Lipinski definition) is 0. The number of carbonyl (C=O) groups excluding carboxylic acids is 1. The SMILES string of the molecule is [C-]#[N+]c1ccc2c(c1)oc1cc(C=O)c(Cl)cc12. The van der Waals surface area contributed by atoms with Crippen LogP contribution >= 0.6 is 11.6 Å². The molecule has 0 saturated carbocycles. The van der Waals surface area contributed by atoms with Gasteiger partial charge in [0, 0.05) is 16.3 Å². The van der Waals surface area contributed by atoms with E-state index in [1.165, 1.54) is 0 Å². The number of hydrogen-bond acceptors (Lipinski definition) is 2. The molecule has 3 nitrogen and oxygen atoms in total. The van der Waals surface area contributed by atoms with Gasteiger partial charge in [0.1, 0.15) is 11.2 Å². The number of benzene rings is 2. The highest BCUT2D eigenvalue weighted by Gasteiger charge is 2.10. The lowest BCUT2D eigenvalue weighted by molar-refractivity contribution is 0.112. The summed E-state index contributed by atoms with van der Waals surface area (Å²) in [7, 11) is 0. The lowest BCUT2D eigenvalue weighted by Crippen LogP contribution is -1.80. The second kappa shape index (κ2) is 3.86. The van der Waals surface area contributed by atoms with E-state index in [9.17, 15) is 4.79 Å². The maximum Gasteiger partial charge on any atom is 0.190 e. The van der Waals surface area contributed by atoms with Gasteiger partial charge in [-0.05, 0) is 18.2 Å². The fraction of sp³-hybridized carbons (Fsp3) is 0. The molecule has 2 aromatic carbocycles. The fourth-order valence-electron chi connectivity index (χ4n) is 1.96. The van der Waals surface area contributed by atoms with Crippen LogP contribution in [0.5, 0.6) is 0 Å². The van der Waals surface area contributed by atoms with Gasteiger partial charge in [0.15, 0.2) is 12.0 Å². The van der Waals surface area contributed by atoms with Crippen LogP contribution in [0, 0.1) is 6.57 Å². The molecule has 0 radical (unpaired) electrons. The van der Waals surface area contributed by atoms with Crippen molar-refractivity contribution in [3.63, 3.8) is 0 Å². The Labute approximate surface area is 107 Å². The van der Waals surface area contributed by atoms with Gasteiger partial charge < -0.3 is 4.42 Å². The van der Waals surface area contributed by atoms with Crippen LogP contribution in [0.2, 0.25) is 5.02 Å². The van der Waals surface area contributed by atoms with E-state index in [2.05, 4.69) is 4.85 Å². The fourth-order valence-corrected chi connectivity index (χ4v) is 2.17. The Kier molecular flexibility index (Phi) is 2.32. The van der Waals surface area contributed by atoms with E-state index in [4.69, 9.17) is 22.6 Å². The van der Waals surface area contributed by atoms with Gasteiger partial charge >= 0.3 is 0 Å². The van der Waals surface area contributed by atoms with Gasteiger partial charge in [-0.1, -0.05) is 23.7 Å².